The molecule has 2 aromatic rings. The summed E-state index contributed by atoms with van der Waals surface area (Å²) in [6, 6.07) is 14.5. The van der Waals surface area contributed by atoms with Crippen LogP contribution >= 0.6 is 11.6 Å². The van der Waals surface area contributed by atoms with Crippen molar-refractivity contribution in [3.8, 4) is 11.5 Å². The van der Waals surface area contributed by atoms with Crippen LogP contribution < -0.4 is 14.8 Å². The van der Waals surface area contributed by atoms with Gasteiger partial charge in [0.1, 0.15) is 24.2 Å². The predicted molar refractivity (Wildman–Crippen MR) is 158 cm³/mol. The number of esters is 1. The average molecular weight is 578 g/mol. The second-order valence-corrected chi connectivity index (χ2v) is 17.4. The van der Waals surface area contributed by atoms with Crippen LogP contribution in [0.1, 0.15) is 54.4 Å². The molecular weight excluding hydrogens is 534 g/mol. The number of benzene rings is 2. The van der Waals surface area contributed by atoms with Crippen molar-refractivity contribution in [1.82, 2.24) is 5.32 Å². The molecule has 1 aliphatic rings. The summed E-state index contributed by atoms with van der Waals surface area (Å²) in [6.07, 6.45) is 3.58. The minimum absolute atomic E-state index is 0.165. The van der Waals surface area contributed by atoms with Crippen molar-refractivity contribution >= 4 is 25.6 Å². The Morgan fingerprint density at radius 3 is 2.44 bits per heavy atom. The first-order valence-corrected chi connectivity index (χ1v) is 18.0. The zero-order valence-electron chi connectivity index (χ0n) is 23.7. The van der Waals surface area contributed by atoms with Crippen molar-refractivity contribution in [2.45, 2.75) is 76.4 Å². The third-order valence-corrected chi connectivity index (χ3v) is 8.90. The van der Waals surface area contributed by atoms with Crippen molar-refractivity contribution in [1.29, 1.82) is 0 Å². The summed E-state index contributed by atoms with van der Waals surface area (Å²) in [5.74, 6) is 1.34. The normalized spacial score (nSPS) is 18.4. The van der Waals surface area contributed by atoms with Crippen molar-refractivity contribution in [3.63, 3.8) is 0 Å². The van der Waals surface area contributed by atoms with Gasteiger partial charge in [-0.3, -0.25) is 0 Å². The number of carbonyl (C=O) groups excluding carboxylic acids is 1. The Labute approximate surface area is 239 Å². The molecule has 9 heteroatoms. The molecule has 0 unspecified atom stereocenters. The van der Waals surface area contributed by atoms with Gasteiger partial charge in [0.2, 0.25) is 0 Å². The van der Waals surface area contributed by atoms with E-state index < -0.39 is 14.2 Å². The van der Waals surface area contributed by atoms with Crippen LogP contribution in [0.2, 0.25) is 30.7 Å². The maximum Gasteiger partial charge on any atom is 0.338 e. The van der Waals surface area contributed by atoms with Crippen LogP contribution in [0.3, 0.4) is 0 Å². The van der Waals surface area contributed by atoms with Gasteiger partial charge in [-0.2, -0.15) is 0 Å². The van der Waals surface area contributed by atoms with E-state index in [0.717, 1.165) is 31.7 Å². The summed E-state index contributed by atoms with van der Waals surface area (Å²) in [4.78, 5) is 11.9. The third-order valence-electron chi connectivity index (χ3n) is 6.90. The molecule has 0 aliphatic heterocycles. The summed E-state index contributed by atoms with van der Waals surface area (Å²) in [6.45, 7) is 10.6. The zero-order chi connectivity index (χ0) is 28.3. The Morgan fingerprint density at radius 2 is 1.79 bits per heavy atom. The van der Waals surface area contributed by atoms with Gasteiger partial charge in [-0.25, -0.2) is 4.79 Å². The molecule has 0 heterocycles. The Hall–Kier alpha value is -2.10. The van der Waals surface area contributed by atoms with E-state index >= 15 is 0 Å². The SMILES string of the molecule is CCOC(=O)c1ccc(C2CCC(NC[C@H](O)COc3ccc(OCOCC[Si](C)(C)C)c(Cl)c3)CC2)cc1. The largest absolute Gasteiger partial charge is 0.491 e. The molecule has 0 saturated heterocycles. The number of hydrogen-bond acceptors (Lipinski definition) is 7. The van der Waals surface area contributed by atoms with Gasteiger partial charge >= 0.3 is 5.97 Å². The van der Waals surface area contributed by atoms with E-state index in [0.29, 0.717) is 53.8 Å². The minimum Gasteiger partial charge on any atom is -0.491 e. The van der Waals surface area contributed by atoms with Gasteiger partial charge in [-0.1, -0.05) is 43.4 Å². The van der Waals surface area contributed by atoms with E-state index in [1.54, 1.807) is 18.2 Å². The van der Waals surface area contributed by atoms with E-state index in [1.165, 1.54) is 5.56 Å². The first-order chi connectivity index (χ1) is 18.6. The molecular formula is C30H44ClNO6Si. The molecule has 216 valence electrons. The molecule has 0 amide bonds. The number of carbonyl (C=O) groups is 1. The maximum absolute atomic E-state index is 11.9. The Balaban J connectivity index is 1.32. The second kappa shape index (κ2) is 15.6. The van der Waals surface area contributed by atoms with E-state index in [4.69, 9.17) is 30.5 Å². The number of aliphatic hydroxyl groups excluding tert-OH is 1. The number of nitrogens with one attached hydrogen (secondary N) is 1. The molecule has 0 bridgehead atoms. The highest BCUT2D eigenvalue weighted by Gasteiger charge is 2.23. The quantitative estimate of drug-likeness (QED) is 0.112. The van der Waals surface area contributed by atoms with Crippen LogP contribution in [0, 0.1) is 0 Å². The van der Waals surface area contributed by atoms with Crippen LogP contribution in [0.4, 0.5) is 0 Å². The summed E-state index contributed by atoms with van der Waals surface area (Å²) < 4.78 is 22.0. The Morgan fingerprint density at radius 1 is 1.08 bits per heavy atom. The molecule has 0 spiro atoms. The van der Waals surface area contributed by atoms with Gasteiger partial charge in [0.05, 0.1) is 17.2 Å². The molecule has 1 aliphatic carbocycles. The molecule has 1 fully saturated rings. The number of rotatable bonds is 15. The standard InChI is InChI=1S/C30H44ClNO6Si/c1-5-36-30(34)24-8-6-22(7-9-24)23-10-12-25(13-11-23)32-19-26(33)20-37-27-14-15-29(28(31)18-27)38-21-35-16-17-39(2,3)4/h6-9,14-15,18,23,25-26,32-33H,5,10-13,16-17,19-21H2,1-4H3/t23?,25?,26-/m0/s1. The molecule has 0 radical (unpaired) electrons. The fourth-order valence-electron chi connectivity index (χ4n) is 4.52. The fourth-order valence-corrected chi connectivity index (χ4v) is 5.50. The highest BCUT2D eigenvalue weighted by Crippen LogP contribution is 2.33. The number of aliphatic hydroxyl groups is 1. The maximum atomic E-state index is 11.9. The number of ether oxygens (including phenoxy) is 4. The lowest BCUT2D eigenvalue weighted by Gasteiger charge is -2.30. The summed E-state index contributed by atoms with van der Waals surface area (Å²) in [5, 5.41) is 14.4. The lowest BCUT2D eigenvalue weighted by atomic mass is 9.81. The highest BCUT2D eigenvalue weighted by molar-refractivity contribution is 6.76. The predicted octanol–water partition coefficient (Wildman–Crippen LogP) is 6.26. The third kappa shape index (κ3) is 11.1. The Kier molecular flexibility index (Phi) is 12.6. The highest BCUT2D eigenvalue weighted by atomic mass is 35.5. The van der Waals surface area contributed by atoms with Crippen molar-refractivity contribution in [2.75, 3.05) is 33.2 Å². The molecule has 2 aromatic carbocycles. The van der Waals surface area contributed by atoms with E-state index in [-0.39, 0.29) is 19.4 Å². The van der Waals surface area contributed by atoms with Gasteiger partial charge < -0.3 is 29.4 Å². The van der Waals surface area contributed by atoms with Crippen LogP contribution in [0.15, 0.2) is 42.5 Å². The first-order valence-electron chi connectivity index (χ1n) is 14.0. The monoisotopic (exact) mass is 577 g/mol. The zero-order valence-corrected chi connectivity index (χ0v) is 25.5. The van der Waals surface area contributed by atoms with Crippen LogP contribution in [0.5, 0.6) is 11.5 Å². The van der Waals surface area contributed by atoms with Crippen LogP contribution in [-0.4, -0.2) is 64.5 Å². The number of halogens is 1. The summed E-state index contributed by atoms with van der Waals surface area (Å²) in [7, 11) is -1.12. The molecule has 39 heavy (non-hydrogen) atoms. The molecule has 3 rings (SSSR count). The van der Waals surface area contributed by atoms with Gasteiger partial charge in [0.15, 0.2) is 6.79 Å². The van der Waals surface area contributed by atoms with Gasteiger partial charge in [-0.15, -0.1) is 0 Å². The summed E-state index contributed by atoms with van der Waals surface area (Å²) >= 11 is 6.33. The number of hydrogen-bond donors (Lipinski definition) is 2. The second-order valence-electron chi connectivity index (χ2n) is 11.3. The lowest BCUT2D eigenvalue weighted by Crippen LogP contribution is -2.39. The molecule has 1 atom stereocenters. The average Bonchev–Trinajstić information content (AvgIpc) is 2.91. The summed E-state index contributed by atoms with van der Waals surface area (Å²) in [5.41, 5.74) is 1.86. The minimum atomic E-state index is -1.12. The van der Waals surface area contributed by atoms with E-state index in [2.05, 4.69) is 25.0 Å². The smallest absolute Gasteiger partial charge is 0.338 e. The fraction of sp³-hybridized carbons (Fsp3) is 0.567. The van der Waals surface area contributed by atoms with Crippen molar-refractivity contribution < 1.29 is 28.8 Å². The van der Waals surface area contributed by atoms with Gasteiger partial charge in [0, 0.05) is 33.3 Å². The topological polar surface area (TPSA) is 86.3 Å². The van der Waals surface area contributed by atoms with E-state index in [9.17, 15) is 9.90 Å². The van der Waals surface area contributed by atoms with Crippen molar-refractivity contribution in [3.05, 3.63) is 58.6 Å². The van der Waals surface area contributed by atoms with Crippen LogP contribution in [0.25, 0.3) is 0 Å². The lowest BCUT2D eigenvalue weighted by molar-refractivity contribution is 0.0220. The van der Waals surface area contributed by atoms with Gasteiger partial charge in [-0.05, 0) is 74.4 Å². The molecule has 0 aromatic heterocycles. The first kappa shape index (κ1) is 31.4. The van der Waals surface area contributed by atoms with Gasteiger partial charge in [0.25, 0.3) is 0 Å². The molecule has 7 nitrogen and oxygen atoms in total. The van der Waals surface area contributed by atoms with Crippen molar-refractivity contribution in [2.24, 2.45) is 0 Å². The van der Waals surface area contributed by atoms with E-state index in [1.807, 2.05) is 31.2 Å². The molecule has 2 N–H and O–H groups in total. The Bertz CT molecular complexity index is 1020. The van der Waals surface area contributed by atoms with Crippen LogP contribution in [-0.2, 0) is 9.47 Å². The molecule has 1 saturated carbocycles.